The highest BCUT2D eigenvalue weighted by Gasteiger charge is 2.36. The molecule has 0 saturated heterocycles. The van der Waals surface area contributed by atoms with Crippen molar-refractivity contribution in [2.45, 2.75) is 65.3 Å². The molecule has 1 aliphatic carbocycles. The van der Waals surface area contributed by atoms with Gasteiger partial charge in [0, 0.05) is 12.0 Å². The molecule has 118 valence electrons. The van der Waals surface area contributed by atoms with Crippen molar-refractivity contribution < 1.29 is 4.74 Å². The van der Waals surface area contributed by atoms with Gasteiger partial charge in [-0.1, -0.05) is 45.9 Å². The Labute approximate surface area is 130 Å². The van der Waals surface area contributed by atoms with Gasteiger partial charge in [0.2, 0.25) is 0 Å². The van der Waals surface area contributed by atoms with Crippen LogP contribution in [0.2, 0.25) is 0 Å². The van der Waals surface area contributed by atoms with E-state index in [1.807, 2.05) is 0 Å². The van der Waals surface area contributed by atoms with E-state index < -0.39 is 0 Å². The molecule has 1 aromatic rings. The number of nitrogens with two attached hydrogens (primary N) is 1. The molecule has 1 aromatic carbocycles. The van der Waals surface area contributed by atoms with E-state index in [4.69, 9.17) is 10.5 Å². The second-order valence-electron chi connectivity index (χ2n) is 7.53. The summed E-state index contributed by atoms with van der Waals surface area (Å²) in [6.45, 7) is 9.98. The van der Waals surface area contributed by atoms with Crippen LogP contribution in [0.1, 0.15) is 64.9 Å². The van der Waals surface area contributed by atoms with Crippen LogP contribution in [0.3, 0.4) is 0 Å². The maximum Gasteiger partial charge on any atom is 0.122 e. The number of ether oxygens (including phenoxy) is 1. The quantitative estimate of drug-likeness (QED) is 0.869. The summed E-state index contributed by atoms with van der Waals surface area (Å²) in [5, 5.41) is 0. The van der Waals surface area contributed by atoms with Crippen LogP contribution >= 0.6 is 0 Å². The lowest BCUT2D eigenvalue weighted by Gasteiger charge is -2.41. The lowest BCUT2D eigenvalue weighted by atomic mass is 9.66. The van der Waals surface area contributed by atoms with Gasteiger partial charge in [-0.25, -0.2) is 0 Å². The second kappa shape index (κ2) is 6.83. The Morgan fingerprint density at radius 1 is 1.19 bits per heavy atom. The van der Waals surface area contributed by atoms with Gasteiger partial charge in [0.1, 0.15) is 5.75 Å². The molecule has 0 amide bonds. The third-order valence-electron chi connectivity index (χ3n) is 4.91. The van der Waals surface area contributed by atoms with Crippen molar-refractivity contribution in [1.29, 1.82) is 0 Å². The molecule has 0 heterocycles. The van der Waals surface area contributed by atoms with Crippen molar-refractivity contribution in [1.82, 2.24) is 0 Å². The highest BCUT2D eigenvalue weighted by molar-refractivity contribution is 5.37. The van der Waals surface area contributed by atoms with Gasteiger partial charge in [-0.15, -0.1) is 0 Å². The highest BCUT2D eigenvalue weighted by Crippen LogP contribution is 2.45. The largest absolute Gasteiger partial charge is 0.493 e. The molecule has 2 rings (SSSR count). The predicted octanol–water partition coefficient (Wildman–Crippen LogP) is 4.73. The Kier molecular flexibility index (Phi) is 5.32. The van der Waals surface area contributed by atoms with Crippen LogP contribution in [0.4, 0.5) is 0 Å². The van der Waals surface area contributed by atoms with E-state index in [1.165, 1.54) is 18.4 Å². The van der Waals surface area contributed by atoms with Gasteiger partial charge in [0.05, 0.1) is 6.61 Å². The van der Waals surface area contributed by atoms with Crippen LogP contribution in [-0.4, -0.2) is 12.6 Å². The second-order valence-corrected chi connectivity index (χ2v) is 7.53. The van der Waals surface area contributed by atoms with Crippen LogP contribution in [0.5, 0.6) is 5.75 Å². The normalized spacial score (nSPS) is 26.6. The van der Waals surface area contributed by atoms with Crippen molar-refractivity contribution >= 4 is 0 Å². The standard InChI is InChI=1S/C19H31NO/c1-5-12-21-18-9-7-6-8-15(18)16-13-14(19(2,3)4)10-11-17(16)20/h6-9,14,16-17H,5,10-13,20H2,1-4H3. The lowest BCUT2D eigenvalue weighted by molar-refractivity contribution is 0.152. The van der Waals surface area contributed by atoms with Crippen molar-refractivity contribution in [2.75, 3.05) is 6.61 Å². The summed E-state index contributed by atoms with van der Waals surface area (Å²) in [4.78, 5) is 0. The van der Waals surface area contributed by atoms with Crippen LogP contribution < -0.4 is 10.5 Å². The zero-order valence-electron chi connectivity index (χ0n) is 14.1. The van der Waals surface area contributed by atoms with E-state index in [0.717, 1.165) is 31.1 Å². The minimum absolute atomic E-state index is 0.259. The van der Waals surface area contributed by atoms with Gasteiger partial charge in [0.25, 0.3) is 0 Å². The number of hydrogen-bond acceptors (Lipinski definition) is 2. The molecule has 3 unspecified atom stereocenters. The van der Waals surface area contributed by atoms with Gasteiger partial charge < -0.3 is 10.5 Å². The van der Waals surface area contributed by atoms with Crippen LogP contribution in [0.15, 0.2) is 24.3 Å². The van der Waals surface area contributed by atoms with Gasteiger partial charge in [0.15, 0.2) is 0 Å². The first-order valence-electron chi connectivity index (χ1n) is 8.40. The molecule has 1 aliphatic rings. The highest BCUT2D eigenvalue weighted by atomic mass is 16.5. The average molecular weight is 289 g/mol. The number of para-hydroxylation sites is 1. The maximum absolute atomic E-state index is 6.46. The van der Waals surface area contributed by atoms with E-state index in [2.05, 4.69) is 52.0 Å². The molecule has 2 N–H and O–H groups in total. The third-order valence-corrected chi connectivity index (χ3v) is 4.91. The minimum Gasteiger partial charge on any atom is -0.493 e. The van der Waals surface area contributed by atoms with Crippen molar-refractivity contribution in [3.8, 4) is 5.75 Å². The molecule has 0 spiro atoms. The first kappa shape index (κ1) is 16.4. The molecule has 0 aromatic heterocycles. The lowest BCUT2D eigenvalue weighted by Crippen LogP contribution is -2.38. The van der Waals surface area contributed by atoms with Crippen molar-refractivity contribution in [2.24, 2.45) is 17.1 Å². The fraction of sp³-hybridized carbons (Fsp3) is 0.684. The summed E-state index contributed by atoms with van der Waals surface area (Å²) < 4.78 is 5.95. The van der Waals surface area contributed by atoms with Crippen LogP contribution in [0.25, 0.3) is 0 Å². The van der Waals surface area contributed by atoms with Crippen molar-refractivity contribution in [3.63, 3.8) is 0 Å². The van der Waals surface area contributed by atoms with E-state index in [1.54, 1.807) is 0 Å². The molecule has 1 saturated carbocycles. The number of benzene rings is 1. The summed E-state index contributed by atoms with van der Waals surface area (Å²) in [5.41, 5.74) is 8.13. The molecule has 0 radical (unpaired) electrons. The molecule has 21 heavy (non-hydrogen) atoms. The Morgan fingerprint density at radius 3 is 2.57 bits per heavy atom. The summed E-state index contributed by atoms with van der Waals surface area (Å²) in [6, 6.07) is 8.74. The van der Waals surface area contributed by atoms with E-state index in [-0.39, 0.29) is 6.04 Å². The fourth-order valence-electron chi connectivity index (χ4n) is 3.47. The molecular formula is C19H31NO. The van der Waals surface area contributed by atoms with E-state index in [0.29, 0.717) is 11.3 Å². The van der Waals surface area contributed by atoms with Gasteiger partial charge >= 0.3 is 0 Å². The molecule has 1 fully saturated rings. The third kappa shape index (κ3) is 4.00. The van der Waals surface area contributed by atoms with Gasteiger partial charge in [-0.3, -0.25) is 0 Å². The van der Waals surface area contributed by atoms with Gasteiger partial charge in [-0.05, 0) is 48.6 Å². The van der Waals surface area contributed by atoms with Gasteiger partial charge in [-0.2, -0.15) is 0 Å². The Morgan fingerprint density at radius 2 is 1.90 bits per heavy atom. The first-order valence-corrected chi connectivity index (χ1v) is 8.40. The molecule has 2 heteroatoms. The monoisotopic (exact) mass is 289 g/mol. The van der Waals surface area contributed by atoms with E-state index in [9.17, 15) is 0 Å². The summed E-state index contributed by atoms with van der Waals surface area (Å²) in [6.07, 6.45) is 4.58. The maximum atomic E-state index is 6.46. The fourth-order valence-corrected chi connectivity index (χ4v) is 3.47. The zero-order valence-corrected chi connectivity index (χ0v) is 14.1. The Bertz CT molecular complexity index is 449. The molecule has 0 bridgehead atoms. The predicted molar refractivity (Wildman–Crippen MR) is 89.7 cm³/mol. The molecular weight excluding hydrogens is 258 g/mol. The van der Waals surface area contributed by atoms with Crippen LogP contribution in [-0.2, 0) is 0 Å². The summed E-state index contributed by atoms with van der Waals surface area (Å²) >= 11 is 0. The minimum atomic E-state index is 0.259. The Hall–Kier alpha value is -1.02. The number of rotatable bonds is 4. The smallest absolute Gasteiger partial charge is 0.122 e. The number of hydrogen-bond donors (Lipinski definition) is 1. The molecule has 2 nitrogen and oxygen atoms in total. The Balaban J connectivity index is 2.22. The SMILES string of the molecule is CCCOc1ccccc1C1CC(C(C)(C)C)CCC1N. The first-order chi connectivity index (χ1) is 9.93. The molecule has 3 atom stereocenters. The average Bonchev–Trinajstić information content (AvgIpc) is 2.45. The summed E-state index contributed by atoms with van der Waals surface area (Å²) in [5.74, 6) is 2.20. The van der Waals surface area contributed by atoms with E-state index >= 15 is 0 Å². The topological polar surface area (TPSA) is 35.2 Å². The molecule has 0 aliphatic heterocycles. The van der Waals surface area contributed by atoms with Crippen LogP contribution in [0, 0.1) is 11.3 Å². The zero-order chi connectivity index (χ0) is 15.5. The summed E-state index contributed by atoms with van der Waals surface area (Å²) in [7, 11) is 0. The van der Waals surface area contributed by atoms with Crippen molar-refractivity contribution in [3.05, 3.63) is 29.8 Å².